The van der Waals surface area contributed by atoms with Crippen LogP contribution in [0.1, 0.15) is 15.9 Å². The molecule has 5 nitrogen and oxygen atoms in total. The Balaban J connectivity index is 1.62. The molecule has 25 heavy (non-hydrogen) atoms. The van der Waals surface area contributed by atoms with Crippen LogP contribution >= 0.6 is 23.5 Å². The first-order chi connectivity index (χ1) is 12.2. The van der Waals surface area contributed by atoms with Gasteiger partial charge in [-0.3, -0.25) is 4.79 Å². The minimum absolute atomic E-state index is 0.107. The highest BCUT2D eigenvalue weighted by Gasteiger charge is 2.07. The summed E-state index contributed by atoms with van der Waals surface area (Å²) >= 11 is 3.29. The Labute approximate surface area is 155 Å². The number of amides is 1. The third-order valence-corrected chi connectivity index (χ3v) is 5.20. The number of nitrogens with zero attached hydrogens (tertiary/aromatic N) is 3. The number of benzene rings is 2. The fraction of sp³-hybridized carbons (Fsp3) is 0.167. The molecule has 0 bridgehead atoms. The van der Waals surface area contributed by atoms with Gasteiger partial charge in [0.05, 0.1) is 0 Å². The summed E-state index contributed by atoms with van der Waals surface area (Å²) in [5.41, 5.74) is 2.64. The number of thioether (sulfide) groups is 1. The van der Waals surface area contributed by atoms with Gasteiger partial charge in [-0.05, 0) is 60.0 Å². The Morgan fingerprint density at radius 2 is 1.84 bits per heavy atom. The topological polar surface area (TPSA) is 59.8 Å². The standard InChI is InChI=1S/C18H18N4OS2/c1-22-12-19-21-18(22)25-16-9-7-15(8-10-16)20-17(23)14-5-3-13(4-6-14)11-24-2/h3-10,12H,11H2,1-2H3,(H,20,23). The number of rotatable bonds is 6. The summed E-state index contributed by atoms with van der Waals surface area (Å²) in [6, 6.07) is 15.4. The molecule has 3 rings (SSSR count). The van der Waals surface area contributed by atoms with Crippen LogP contribution in [0, 0.1) is 0 Å². The molecule has 1 N–H and O–H groups in total. The van der Waals surface area contributed by atoms with Crippen molar-refractivity contribution in [1.29, 1.82) is 0 Å². The first-order valence-corrected chi connectivity index (χ1v) is 9.88. The number of anilines is 1. The van der Waals surface area contributed by atoms with E-state index < -0.39 is 0 Å². The van der Waals surface area contributed by atoms with Crippen LogP contribution < -0.4 is 5.32 Å². The number of aryl methyl sites for hydroxylation is 1. The lowest BCUT2D eigenvalue weighted by Gasteiger charge is -2.07. The van der Waals surface area contributed by atoms with E-state index in [9.17, 15) is 4.79 Å². The lowest BCUT2D eigenvalue weighted by atomic mass is 10.1. The predicted octanol–water partition coefficient (Wildman–Crippen LogP) is 4.08. The monoisotopic (exact) mass is 370 g/mol. The SMILES string of the molecule is CSCc1ccc(C(=O)Nc2ccc(Sc3nncn3C)cc2)cc1. The molecule has 2 aromatic carbocycles. The second kappa shape index (κ2) is 8.22. The van der Waals surface area contributed by atoms with Crippen molar-refractivity contribution in [1.82, 2.24) is 14.8 Å². The molecular formula is C18H18N4OS2. The van der Waals surface area contributed by atoms with Gasteiger partial charge >= 0.3 is 0 Å². The average molecular weight is 371 g/mol. The molecule has 3 aromatic rings. The Morgan fingerprint density at radius 1 is 1.12 bits per heavy atom. The van der Waals surface area contributed by atoms with E-state index in [4.69, 9.17) is 0 Å². The van der Waals surface area contributed by atoms with Gasteiger partial charge in [0.1, 0.15) is 6.33 Å². The lowest BCUT2D eigenvalue weighted by Crippen LogP contribution is -2.11. The highest BCUT2D eigenvalue weighted by Crippen LogP contribution is 2.26. The molecule has 1 heterocycles. The van der Waals surface area contributed by atoms with Crippen LogP contribution in [-0.2, 0) is 12.8 Å². The van der Waals surface area contributed by atoms with E-state index in [1.54, 1.807) is 18.1 Å². The number of nitrogens with one attached hydrogen (secondary N) is 1. The zero-order valence-electron chi connectivity index (χ0n) is 14.0. The maximum Gasteiger partial charge on any atom is 0.255 e. The molecule has 128 valence electrons. The number of aromatic nitrogens is 3. The van der Waals surface area contributed by atoms with Crippen molar-refractivity contribution in [3.05, 3.63) is 66.0 Å². The fourth-order valence-corrected chi connectivity index (χ4v) is 3.49. The third-order valence-electron chi connectivity index (χ3n) is 3.52. The summed E-state index contributed by atoms with van der Waals surface area (Å²) in [5, 5.41) is 11.6. The maximum atomic E-state index is 12.3. The van der Waals surface area contributed by atoms with Crippen LogP contribution in [0.4, 0.5) is 5.69 Å². The summed E-state index contributed by atoms with van der Waals surface area (Å²) in [4.78, 5) is 13.4. The van der Waals surface area contributed by atoms with Gasteiger partial charge in [-0.15, -0.1) is 10.2 Å². The van der Waals surface area contributed by atoms with Crippen molar-refractivity contribution in [3.63, 3.8) is 0 Å². The zero-order valence-corrected chi connectivity index (χ0v) is 15.6. The molecule has 0 aliphatic carbocycles. The second-order valence-corrected chi connectivity index (χ2v) is 7.34. The largest absolute Gasteiger partial charge is 0.322 e. The molecule has 0 atom stereocenters. The second-order valence-electron chi connectivity index (χ2n) is 5.43. The smallest absolute Gasteiger partial charge is 0.255 e. The van der Waals surface area contributed by atoms with E-state index in [-0.39, 0.29) is 5.91 Å². The van der Waals surface area contributed by atoms with Crippen molar-refractivity contribution < 1.29 is 4.79 Å². The van der Waals surface area contributed by atoms with Crippen molar-refractivity contribution in [2.24, 2.45) is 7.05 Å². The van der Waals surface area contributed by atoms with E-state index in [0.29, 0.717) is 5.56 Å². The summed E-state index contributed by atoms with van der Waals surface area (Å²) in [6.45, 7) is 0. The van der Waals surface area contributed by atoms with Gasteiger partial charge in [0.25, 0.3) is 5.91 Å². The number of hydrogen-bond donors (Lipinski definition) is 1. The normalized spacial score (nSPS) is 10.6. The highest BCUT2D eigenvalue weighted by molar-refractivity contribution is 7.99. The molecule has 0 aliphatic rings. The lowest BCUT2D eigenvalue weighted by molar-refractivity contribution is 0.102. The van der Waals surface area contributed by atoms with E-state index >= 15 is 0 Å². The van der Waals surface area contributed by atoms with E-state index in [0.717, 1.165) is 21.5 Å². The van der Waals surface area contributed by atoms with Crippen molar-refractivity contribution in [3.8, 4) is 0 Å². The van der Waals surface area contributed by atoms with E-state index in [1.807, 2.05) is 60.1 Å². The van der Waals surface area contributed by atoms with Crippen molar-refractivity contribution in [2.75, 3.05) is 11.6 Å². The molecule has 0 fully saturated rings. The van der Waals surface area contributed by atoms with Crippen LogP contribution in [-0.4, -0.2) is 26.9 Å². The maximum absolute atomic E-state index is 12.3. The van der Waals surface area contributed by atoms with Gasteiger partial charge in [0, 0.05) is 28.9 Å². The van der Waals surface area contributed by atoms with E-state index in [1.165, 1.54) is 17.3 Å². The minimum atomic E-state index is -0.107. The molecule has 0 unspecified atom stereocenters. The first-order valence-electron chi connectivity index (χ1n) is 7.67. The summed E-state index contributed by atoms with van der Waals surface area (Å²) < 4.78 is 1.86. The Hall–Kier alpha value is -2.25. The van der Waals surface area contributed by atoms with Crippen molar-refractivity contribution >= 4 is 35.1 Å². The minimum Gasteiger partial charge on any atom is -0.322 e. The van der Waals surface area contributed by atoms with Gasteiger partial charge in [-0.1, -0.05) is 12.1 Å². The van der Waals surface area contributed by atoms with Crippen LogP contribution in [0.25, 0.3) is 0 Å². The Bertz CT molecular complexity index is 844. The quantitative estimate of drug-likeness (QED) is 0.708. The van der Waals surface area contributed by atoms with Crippen LogP contribution in [0.5, 0.6) is 0 Å². The van der Waals surface area contributed by atoms with Gasteiger partial charge < -0.3 is 9.88 Å². The van der Waals surface area contributed by atoms with Crippen LogP contribution in [0.2, 0.25) is 0 Å². The molecular weight excluding hydrogens is 352 g/mol. The fourth-order valence-electron chi connectivity index (χ4n) is 2.20. The Kier molecular flexibility index (Phi) is 5.78. The number of carbonyl (C=O) groups excluding carboxylic acids is 1. The first kappa shape index (κ1) is 17.6. The summed E-state index contributed by atoms with van der Waals surface area (Å²) in [6.07, 6.45) is 3.73. The van der Waals surface area contributed by atoms with Gasteiger partial charge in [0.2, 0.25) is 0 Å². The van der Waals surface area contributed by atoms with Gasteiger partial charge in [-0.2, -0.15) is 11.8 Å². The molecule has 1 amide bonds. The molecule has 0 radical (unpaired) electrons. The number of hydrogen-bond acceptors (Lipinski definition) is 5. The van der Waals surface area contributed by atoms with Gasteiger partial charge in [-0.25, -0.2) is 0 Å². The Morgan fingerprint density at radius 3 is 2.44 bits per heavy atom. The van der Waals surface area contributed by atoms with Crippen LogP contribution in [0.3, 0.4) is 0 Å². The molecule has 0 aliphatic heterocycles. The number of carbonyl (C=O) groups is 1. The van der Waals surface area contributed by atoms with E-state index in [2.05, 4.69) is 21.8 Å². The summed E-state index contributed by atoms with van der Waals surface area (Å²) in [7, 11) is 1.90. The molecule has 0 saturated carbocycles. The molecule has 0 spiro atoms. The highest BCUT2D eigenvalue weighted by atomic mass is 32.2. The summed E-state index contributed by atoms with van der Waals surface area (Å²) in [5.74, 6) is 0.844. The zero-order chi connectivity index (χ0) is 17.6. The molecule has 7 heteroatoms. The average Bonchev–Trinajstić information content (AvgIpc) is 3.02. The molecule has 0 saturated heterocycles. The molecule has 1 aromatic heterocycles. The van der Waals surface area contributed by atoms with Crippen molar-refractivity contribution in [2.45, 2.75) is 15.8 Å². The predicted molar refractivity (Wildman–Crippen MR) is 103 cm³/mol. The van der Waals surface area contributed by atoms with Gasteiger partial charge in [0.15, 0.2) is 5.16 Å². The van der Waals surface area contributed by atoms with Crippen LogP contribution in [0.15, 0.2) is 64.9 Å². The third kappa shape index (κ3) is 4.64.